The standard InChI is InChI=1S/C23H20F3N3O3/c24-23(25,26)15-6-9-21(28-13-15)32-18-10-11-29(14-18)20-8-7-17(12-19(20)22(27)30)31-16-4-2-1-3-5-16/h1-9,12-13,18H,10-11,14H2,(H2,27,30). The fourth-order valence-electron chi connectivity index (χ4n) is 3.51. The lowest BCUT2D eigenvalue weighted by Gasteiger charge is -2.22. The number of carbonyl (C=O) groups is 1. The van der Waals surface area contributed by atoms with E-state index in [0.29, 0.717) is 42.3 Å². The number of halogens is 3. The molecule has 1 atom stereocenters. The third kappa shape index (κ3) is 4.93. The first-order valence-corrected chi connectivity index (χ1v) is 9.91. The van der Waals surface area contributed by atoms with Crippen LogP contribution in [-0.2, 0) is 6.18 Å². The first-order chi connectivity index (χ1) is 15.3. The Kier molecular flexibility index (Phi) is 5.89. The SMILES string of the molecule is NC(=O)c1cc(Oc2ccccc2)ccc1N1CCC(Oc2ccc(C(F)(F)F)cn2)C1. The van der Waals surface area contributed by atoms with E-state index in [1.807, 2.05) is 23.1 Å². The molecule has 6 nitrogen and oxygen atoms in total. The van der Waals surface area contributed by atoms with Gasteiger partial charge in [0.15, 0.2) is 0 Å². The van der Waals surface area contributed by atoms with Crippen LogP contribution in [0.1, 0.15) is 22.3 Å². The Morgan fingerprint density at radius 3 is 2.50 bits per heavy atom. The van der Waals surface area contributed by atoms with E-state index in [1.54, 1.807) is 30.3 Å². The Balaban J connectivity index is 1.45. The third-order valence-corrected chi connectivity index (χ3v) is 5.05. The average Bonchev–Trinajstić information content (AvgIpc) is 3.22. The van der Waals surface area contributed by atoms with Crippen LogP contribution in [0.15, 0.2) is 66.9 Å². The summed E-state index contributed by atoms with van der Waals surface area (Å²) in [4.78, 5) is 17.8. The summed E-state index contributed by atoms with van der Waals surface area (Å²) in [5, 5.41) is 0. The Bertz CT molecular complexity index is 1090. The molecule has 1 fully saturated rings. The maximum atomic E-state index is 12.7. The summed E-state index contributed by atoms with van der Waals surface area (Å²) in [6.07, 6.45) is -3.38. The number of carbonyl (C=O) groups excluding carboxylic acids is 1. The molecule has 1 aliphatic rings. The van der Waals surface area contributed by atoms with E-state index < -0.39 is 17.6 Å². The van der Waals surface area contributed by atoms with E-state index in [-0.39, 0.29) is 12.0 Å². The van der Waals surface area contributed by atoms with Gasteiger partial charge < -0.3 is 20.1 Å². The van der Waals surface area contributed by atoms with Crippen molar-refractivity contribution in [2.75, 3.05) is 18.0 Å². The van der Waals surface area contributed by atoms with Crippen molar-refractivity contribution in [1.29, 1.82) is 0 Å². The van der Waals surface area contributed by atoms with Gasteiger partial charge in [0, 0.05) is 30.9 Å². The predicted octanol–water partition coefficient (Wildman–Crippen LogP) is 4.65. The van der Waals surface area contributed by atoms with Crippen LogP contribution >= 0.6 is 0 Å². The van der Waals surface area contributed by atoms with Gasteiger partial charge in [-0.2, -0.15) is 13.2 Å². The van der Waals surface area contributed by atoms with Crippen molar-refractivity contribution in [2.45, 2.75) is 18.7 Å². The number of para-hydroxylation sites is 1. The van der Waals surface area contributed by atoms with Crippen molar-refractivity contribution in [1.82, 2.24) is 4.98 Å². The molecule has 3 aromatic rings. The molecule has 1 aliphatic heterocycles. The van der Waals surface area contributed by atoms with E-state index in [4.69, 9.17) is 15.2 Å². The van der Waals surface area contributed by atoms with Crippen LogP contribution in [-0.4, -0.2) is 30.1 Å². The van der Waals surface area contributed by atoms with E-state index in [1.165, 1.54) is 6.07 Å². The second kappa shape index (κ2) is 8.78. The zero-order chi connectivity index (χ0) is 22.7. The quantitative estimate of drug-likeness (QED) is 0.600. The fraction of sp³-hybridized carbons (Fsp3) is 0.217. The Morgan fingerprint density at radius 1 is 1.06 bits per heavy atom. The average molecular weight is 443 g/mol. The van der Waals surface area contributed by atoms with Crippen molar-refractivity contribution < 1.29 is 27.4 Å². The maximum Gasteiger partial charge on any atom is 0.417 e. The first kappa shape index (κ1) is 21.5. The molecule has 0 spiro atoms. The molecule has 1 aromatic heterocycles. The molecule has 166 valence electrons. The number of alkyl halides is 3. The Hall–Kier alpha value is -3.75. The van der Waals surface area contributed by atoms with Crippen LogP contribution in [0.5, 0.6) is 17.4 Å². The molecule has 0 saturated carbocycles. The summed E-state index contributed by atoms with van der Waals surface area (Å²) in [5.41, 5.74) is 5.72. The van der Waals surface area contributed by atoms with Gasteiger partial charge in [-0.05, 0) is 36.4 Å². The van der Waals surface area contributed by atoms with Crippen LogP contribution in [0.25, 0.3) is 0 Å². The fourth-order valence-corrected chi connectivity index (χ4v) is 3.51. The van der Waals surface area contributed by atoms with E-state index in [2.05, 4.69) is 4.98 Å². The van der Waals surface area contributed by atoms with Crippen molar-refractivity contribution in [2.24, 2.45) is 5.73 Å². The molecule has 9 heteroatoms. The normalized spacial score (nSPS) is 16.1. The number of ether oxygens (including phenoxy) is 2. The summed E-state index contributed by atoms with van der Waals surface area (Å²) in [6.45, 7) is 1.02. The molecule has 1 saturated heterocycles. The molecule has 2 heterocycles. The van der Waals surface area contributed by atoms with Crippen molar-refractivity contribution in [3.8, 4) is 17.4 Å². The van der Waals surface area contributed by atoms with Gasteiger partial charge in [0.25, 0.3) is 5.91 Å². The molecule has 2 N–H and O–H groups in total. The molecule has 32 heavy (non-hydrogen) atoms. The zero-order valence-electron chi connectivity index (χ0n) is 16.9. The number of anilines is 1. The smallest absolute Gasteiger partial charge is 0.417 e. The Morgan fingerprint density at radius 2 is 1.84 bits per heavy atom. The molecule has 4 rings (SSSR count). The van der Waals surface area contributed by atoms with Gasteiger partial charge in [0.05, 0.1) is 17.7 Å². The molecule has 1 unspecified atom stereocenters. The predicted molar refractivity (Wildman–Crippen MR) is 112 cm³/mol. The minimum Gasteiger partial charge on any atom is -0.472 e. The van der Waals surface area contributed by atoms with Crippen molar-refractivity contribution >= 4 is 11.6 Å². The number of rotatable bonds is 6. The van der Waals surface area contributed by atoms with E-state index in [0.717, 1.165) is 12.3 Å². The van der Waals surface area contributed by atoms with Crippen LogP contribution < -0.4 is 20.1 Å². The second-order valence-corrected chi connectivity index (χ2v) is 7.32. The summed E-state index contributed by atoms with van der Waals surface area (Å²) in [6, 6.07) is 16.4. The lowest BCUT2D eigenvalue weighted by molar-refractivity contribution is -0.137. The van der Waals surface area contributed by atoms with Gasteiger partial charge in [-0.25, -0.2) is 4.98 Å². The molecule has 1 amide bonds. The van der Waals surface area contributed by atoms with Gasteiger partial charge in [0.1, 0.15) is 17.6 Å². The highest BCUT2D eigenvalue weighted by Crippen LogP contribution is 2.32. The van der Waals surface area contributed by atoms with Gasteiger partial charge in [-0.15, -0.1) is 0 Å². The molecule has 0 bridgehead atoms. The number of pyridine rings is 1. The number of aromatic nitrogens is 1. The summed E-state index contributed by atoms with van der Waals surface area (Å²) < 4.78 is 49.6. The number of amides is 1. The van der Waals surface area contributed by atoms with Crippen LogP contribution in [0.2, 0.25) is 0 Å². The molecule has 0 aliphatic carbocycles. The molecular weight excluding hydrogens is 423 g/mol. The summed E-state index contributed by atoms with van der Waals surface area (Å²) in [5.74, 6) is 0.642. The maximum absolute atomic E-state index is 12.7. The van der Waals surface area contributed by atoms with Crippen LogP contribution in [0.3, 0.4) is 0 Å². The number of benzene rings is 2. The lowest BCUT2D eigenvalue weighted by Crippen LogP contribution is -2.27. The van der Waals surface area contributed by atoms with Gasteiger partial charge in [-0.3, -0.25) is 4.79 Å². The number of nitrogens with zero attached hydrogens (tertiary/aromatic N) is 2. The highest BCUT2D eigenvalue weighted by molar-refractivity contribution is 5.99. The summed E-state index contributed by atoms with van der Waals surface area (Å²) in [7, 11) is 0. The Labute approximate surface area is 182 Å². The van der Waals surface area contributed by atoms with E-state index in [9.17, 15) is 18.0 Å². The molecule has 2 aromatic carbocycles. The number of hydrogen-bond donors (Lipinski definition) is 1. The monoisotopic (exact) mass is 443 g/mol. The lowest BCUT2D eigenvalue weighted by atomic mass is 10.1. The number of hydrogen-bond acceptors (Lipinski definition) is 5. The number of primary amides is 1. The zero-order valence-corrected chi connectivity index (χ0v) is 16.9. The minimum atomic E-state index is -4.45. The second-order valence-electron chi connectivity index (χ2n) is 7.32. The minimum absolute atomic E-state index is 0.117. The number of nitrogens with two attached hydrogens (primary N) is 1. The highest BCUT2D eigenvalue weighted by Gasteiger charge is 2.31. The highest BCUT2D eigenvalue weighted by atomic mass is 19.4. The van der Waals surface area contributed by atoms with Crippen molar-refractivity contribution in [3.05, 3.63) is 78.0 Å². The third-order valence-electron chi connectivity index (χ3n) is 5.05. The van der Waals surface area contributed by atoms with Crippen molar-refractivity contribution in [3.63, 3.8) is 0 Å². The molecule has 0 radical (unpaired) electrons. The van der Waals surface area contributed by atoms with Crippen LogP contribution in [0, 0.1) is 0 Å². The summed E-state index contributed by atoms with van der Waals surface area (Å²) >= 11 is 0. The van der Waals surface area contributed by atoms with E-state index >= 15 is 0 Å². The van der Waals surface area contributed by atoms with Gasteiger partial charge in [0.2, 0.25) is 5.88 Å². The first-order valence-electron chi connectivity index (χ1n) is 9.91. The molecular formula is C23H20F3N3O3. The van der Waals surface area contributed by atoms with Gasteiger partial charge >= 0.3 is 6.18 Å². The largest absolute Gasteiger partial charge is 0.472 e. The van der Waals surface area contributed by atoms with Crippen LogP contribution in [0.4, 0.5) is 18.9 Å². The van der Waals surface area contributed by atoms with Gasteiger partial charge in [-0.1, -0.05) is 18.2 Å². The topological polar surface area (TPSA) is 77.7 Å².